The highest BCUT2D eigenvalue weighted by molar-refractivity contribution is 5.89. The topological polar surface area (TPSA) is 96.2 Å². The summed E-state index contributed by atoms with van der Waals surface area (Å²) in [6.07, 6.45) is 0.588. The zero-order chi connectivity index (χ0) is 17.4. The van der Waals surface area contributed by atoms with Gasteiger partial charge in [-0.1, -0.05) is 12.1 Å². The number of benzene rings is 2. The third-order valence-corrected chi connectivity index (χ3v) is 4.33. The third kappa shape index (κ3) is 2.47. The van der Waals surface area contributed by atoms with E-state index in [2.05, 4.69) is 0 Å². The Labute approximate surface area is 138 Å². The van der Waals surface area contributed by atoms with Gasteiger partial charge in [0.25, 0.3) is 0 Å². The number of nitro groups is 1. The predicted molar refractivity (Wildman–Crippen MR) is 87.7 cm³/mol. The quantitative estimate of drug-likeness (QED) is 0.520. The molecule has 2 aromatic carbocycles. The fourth-order valence-corrected chi connectivity index (χ4v) is 3.21. The maximum atomic E-state index is 13.3. The van der Waals surface area contributed by atoms with Crippen LogP contribution in [-0.2, 0) is 13.0 Å². The summed E-state index contributed by atoms with van der Waals surface area (Å²) >= 11 is 0. The van der Waals surface area contributed by atoms with E-state index in [1.165, 1.54) is 24.3 Å². The lowest BCUT2D eigenvalue weighted by Gasteiger charge is -2.28. The lowest BCUT2D eigenvalue weighted by atomic mass is 9.85. The van der Waals surface area contributed by atoms with E-state index in [0.717, 1.165) is 12.1 Å². The third-order valence-electron chi connectivity index (χ3n) is 4.33. The number of nitrogen functional groups attached to an aromatic ring is 1. The van der Waals surface area contributed by atoms with Crippen LogP contribution in [0.25, 0.3) is 11.1 Å². The number of nitrogens with zero attached hydrogens (tertiary/aromatic N) is 3. The van der Waals surface area contributed by atoms with Crippen molar-refractivity contribution in [3.63, 3.8) is 0 Å². The minimum atomic E-state index is -0.566. The normalized spacial score (nSPS) is 14.0. The number of fused-ring (bicyclic) bond motifs is 1. The number of likely N-dealkylation sites (N-methyl/N-ethyl adjacent to an activating group) is 1. The van der Waals surface area contributed by atoms with Crippen molar-refractivity contribution < 1.29 is 9.31 Å². The molecule has 0 bridgehead atoms. The molecule has 0 saturated carbocycles. The second-order valence-corrected chi connectivity index (χ2v) is 5.83. The number of nitro benzene ring substituents is 1. The molecular weight excluding hydrogens is 311 g/mol. The van der Waals surface area contributed by atoms with Crippen molar-refractivity contribution in [1.82, 2.24) is 4.90 Å². The Hall–Kier alpha value is -2.98. The summed E-state index contributed by atoms with van der Waals surface area (Å²) < 4.78 is 13.3. The maximum Gasteiger partial charge on any atom is 0.301 e. The van der Waals surface area contributed by atoms with E-state index in [1.807, 2.05) is 18.0 Å². The van der Waals surface area contributed by atoms with Crippen molar-refractivity contribution in [1.29, 1.82) is 5.26 Å². The van der Waals surface area contributed by atoms with Crippen LogP contribution in [0.15, 0.2) is 24.3 Å². The Morgan fingerprint density at radius 2 is 2.00 bits per heavy atom. The number of hydrogen-bond donors (Lipinski definition) is 1. The summed E-state index contributed by atoms with van der Waals surface area (Å²) in [4.78, 5) is 13.1. The molecule has 0 fully saturated rings. The summed E-state index contributed by atoms with van der Waals surface area (Å²) in [5.74, 6) is -0.422. The van der Waals surface area contributed by atoms with Crippen molar-refractivity contribution in [2.75, 3.05) is 19.3 Å². The molecule has 0 atom stereocenters. The Morgan fingerprint density at radius 3 is 2.58 bits per heavy atom. The minimum absolute atomic E-state index is 0.120. The first kappa shape index (κ1) is 15.9. The smallest absolute Gasteiger partial charge is 0.301 e. The molecule has 24 heavy (non-hydrogen) atoms. The number of halogens is 1. The van der Waals surface area contributed by atoms with Crippen LogP contribution in [0.3, 0.4) is 0 Å². The van der Waals surface area contributed by atoms with Crippen LogP contribution >= 0.6 is 0 Å². The average Bonchev–Trinajstić information content (AvgIpc) is 2.54. The molecule has 7 heteroatoms. The molecule has 2 aromatic rings. The first-order chi connectivity index (χ1) is 11.4. The lowest BCUT2D eigenvalue weighted by Crippen LogP contribution is -2.28. The largest absolute Gasteiger partial charge is 0.392 e. The molecule has 0 amide bonds. The summed E-state index contributed by atoms with van der Waals surface area (Å²) in [6.45, 7) is 1.21. The molecule has 0 radical (unpaired) electrons. The molecule has 1 aliphatic rings. The Morgan fingerprint density at radius 1 is 1.33 bits per heavy atom. The van der Waals surface area contributed by atoms with Gasteiger partial charge in [0.2, 0.25) is 0 Å². The first-order valence-electron chi connectivity index (χ1n) is 7.40. The van der Waals surface area contributed by atoms with E-state index in [4.69, 9.17) is 5.73 Å². The molecule has 0 aliphatic carbocycles. The second-order valence-electron chi connectivity index (χ2n) is 5.83. The Balaban J connectivity index is 2.41. The van der Waals surface area contributed by atoms with Crippen LogP contribution in [0.1, 0.15) is 16.7 Å². The molecule has 2 N–H and O–H groups in total. The van der Waals surface area contributed by atoms with E-state index in [-0.39, 0.29) is 16.9 Å². The predicted octanol–water partition coefficient (Wildman–Crippen LogP) is 2.84. The molecule has 0 spiro atoms. The fourth-order valence-electron chi connectivity index (χ4n) is 3.21. The summed E-state index contributed by atoms with van der Waals surface area (Å²) in [6, 6.07) is 7.52. The molecule has 0 unspecified atom stereocenters. The SMILES string of the molecule is CN1CCc2c(C#N)c(N)c([N+](=O)[O-])c(-c3ccc(F)cc3)c2C1. The second kappa shape index (κ2) is 5.91. The van der Waals surface area contributed by atoms with Gasteiger partial charge in [0.1, 0.15) is 17.6 Å². The highest BCUT2D eigenvalue weighted by Gasteiger charge is 2.32. The van der Waals surface area contributed by atoms with Gasteiger partial charge in [0.15, 0.2) is 0 Å². The number of nitrogens with two attached hydrogens (primary N) is 1. The molecular formula is C17H15FN4O2. The molecule has 0 saturated heterocycles. The standard InChI is InChI=1S/C17H15FN4O2/c1-21-7-6-12-13(8-19)16(20)17(22(23)24)15(14(12)9-21)10-2-4-11(18)5-3-10/h2-5H,6-7,9,20H2,1H3. The van der Waals surface area contributed by atoms with Gasteiger partial charge >= 0.3 is 5.69 Å². The first-order valence-corrected chi connectivity index (χ1v) is 7.40. The maximum absolute atomic E-state index is 13.3. The van der Waals surface area contributed by atoms with Gasteiger partial charge in [-0.05, 0) is 42.3 Å². The number of anilines is 1. The number of nitriles is 1. The lowest BCUT2D eigenvalue weighted by molar-refractivity contribution is -0.383. The molecule has 3 rings (SSSR count). The van der Waals surface area contributed by atoms with Crippen LogP contribution in [0, 0.1) is 27.3 Å². The molecule has 1 aliphatic heterocycles. The number of rotatable bonds is 2. The van der Waals surface area contributed by atoms with Gasteiger partial charge in [-0.25, -0.2) is 4.39 Å². The molecule has 122 valence electrons. The summed E-state index contributed by atoms with van der Waals surface area (Å²) in [5, 5.41) is 21.1. The minimum Gasteiger partial charge on any atom is -0.392 e. The Bertz CT molecular complexity index is 872. The van der Waals surface area contributed by atoms with Gasteiger partial charge in [0, 0.05) is 13.1 Å². The fraction of sp³-hybridized carbons (Fsp3) is 0.235. The molecule has 6 nitrogen and oxygen atoms in total. The van der Waals surface area contributed by atoms with Gasteiger partial charge < -0.3 is 10.6 Å². The molecule has 0 aromatic heterocycles. The monoisotopic (exact) mass is 326 g/mol. The molecule has 1 heterocycles. The van der Waals surface area contributed by atoms with Crippen LogP contribution in [-0.4, -0.2) is 23.4 Å². The summed E-state index contributed by atoms with van der Waals surface area (Å²) in [5.41, 5.74) is 8.10. The zero-order valence-corrected chi connectivity index (χ0v) is 13.0. The Kier molecular flexibility index (Phi) is 3.91. The van der Waals surface area contributed by atoms with E-state index in [0.29, 0.717) is 29.7 Å². The van der Waals surface area contributed by atoms with Crippen molar-refractivity contribution in [3.05, 3.63) is 56.9 Å². The average molecular weight is 326 g/mol. The van der Waals surface area contributed by atoms with Crippen molar-refractivity contribution in [3.8, 4) is 17.2 Å². The van der Waals surface area contributed by atoms with Gasteiger partial charge in [-0.15, -0.1) is 0 Å². The van der Waals surface area contributed by atoms with E-state index < -0.39 is 10.7 Å². The van der Waals surface area contributed by atoms with Crippen LogP contribution in [0.4, 0.5) is 15.8 Å². The summed E-state index contributed by atoms with van der Waals surface area (Å²) in [7, 11) is 1.91. The van der Waals surface area contributed by atoms with Crippen molar-refractivity contribution in [2.45, 2.75) is 13.0 Å². The highest BCUT2D eigenvalue weighted by atomic mass is 19.1. The van der Waals surface area contributed by atoms with Crippen molar-refractivity contribution in [2.24, 2.45) is 0 Å². The highest BCUT2D eigenvalue weighted by Crippen LogP contribution is 2.44. The van der Waals surface area contributed by atoms with Gasteiger partial charge in [-0.2, -0.15) is 5.26 Å². The van der Waals surface area contributed by atoms with Gasteiger partial charge in [-0.3, -0.25) is 10.1 Å². The van der Waals surface area contributed by atoms with Crippen molar-refractivity contribution >= 4 is 11.4 Å². The van der Waals surface area contributed by atoms with Crippen LogP contribution in [0.2, 0.25) is 0 Å². The van der Waals surface area contributed by atoms with Gasteiger partial charge in [0.05, 0.1) is 16.1 Å². The van der Waals surface area contributed by atoms with Crippen LogP contribution < -0.4 is 5.73 Å². The zero-order valence-electron chi connectivity index (χ0n) is 13.0. The van der Waals surface area contributed by atoms with E-state index >= 15 is 0 Å². The van der Waals surface area contributed by atoms with E-state index in [1.54, 1.807) is 0 Å². The number of hydrogen-bond acceptors (Lipinski definition) is 5. The van der Waals surface area contributed by atoms with E-state index in [9.17, 15) is 19.8 Å². The van der Waals surface area contributed by atoms with Crippen LogP contribution in [0.5, 0.6) is 0 Å².